The number of anilines is 1. The van der Waals surface area contributed by atoms with E-state index in [1.54, 1.807) is 39.0 Å². The van der Waals surface area contributed by atoms with E-state index in [1.807, 2.05) is 0 Å². The molecule has 0 fully saturated rings. The van der Waals surface area contributed by atoms with Gasteiger partial charge in [0.1, 0.15) is 11.4 Å². The van der Waals surface area contributed by atoms with Gasteiger partial charge in [0.2, 0.25) is 10.0 Å². The molecule has 0 unspecified atom stereocenters. The summed E-state index contributed by atoms with van der Waals surface area (Å²) in [7, 11) is -3.67. The molecule has 2 N–H and O–H groups in total. The molecule has 0 saturated carbocycles. The molecule has 0 aliphatic carbocycles. The van der Waals surface area contributed by atoms with Crippen molar-refractivity contribution in [1.29, 1.82) is 0 Å². The summed E-state index contributed by atoms with van der Waals surface area (Å²) in [5, 5.41) is 8.91. The molecule has 1 rings (SSSR count). The SMILES string of the molecule is CCN(CC(=O)O)c1ccccc1S(=O)(=O)NC(C)C. The highest BCUT2D eigenvalue weighted by atomic mass is 32.2. The molecule has 0 saturated heterocycles. The number of likely N-dealkylation sites (N-methyl/N-ethyl adjacent to an activating group) is 1. The van der Waals surface area contributed by atoms with Crippen LogP contribution in [0.3, 0.4) is 0 Å². The third kappa shape index (κ3) is 4.21. The van der Waals surface area contributed by atoms with Gasteiger partial charge < -0.3 is 10.0 Å². The second-order valence-electron chi connectivity index (χ2n) is 4.65. The second kappa shape index (κ2) is 6.71. The number of para-hydroxylation sites is 1. The third-order valence-corrected chi connectivity index (χ3v) is 4.30. The molecule has 1 aromatic rings. The van der Waals surface area contributed by atoms with Gasteiger partial charge in [-0.05, 0) is 32.9 Å². The Kier molecular flexibility index (Phi) is 5.52. The number of carbonyl (C=O) groups is 1. The van der Waals surface area contributed by atoms with Gasteiger partial charge >= 0.3 is 5.97 Å². The summed E-state index contributed by atoms with van der Waals surface area (Å²) in [5.74, 6) is -1.00. The van der Waals surface area contributed by atoms with Crippen molar-refractivity contribution in [1.82, 2.24) is 4.72 Å². The minimum atomic E-state index is -3.67. The molecule has 0 aromatic heterocycles. The Labute approximate surface area is 119 Å². The topological polar surface area (TPSA) is 86.7 Å². The highest BCUT2D eigenvalue weighted by Gasteiger charge is 2.22. The molecule has 0 amide bonds. The first-order valence-electron chi connectivity index (χ1n) is 6.36. The molecule has 1 aromatic carbocycles. The molecule has 0 radical (unpaired) electrons. The van der Waals surface area contributed by atoms with Crippen LogP contribution >= 0.6 is 0 Å². The zero-order valence-electron chi connectivity index (χ0n) is 11.8. The lowest BCUT2D eigenvalue weighted by atomic mass is 10.3. The molecule has 0 atom stereocenters. The average Bonchev–Trinajstić information content (AvgIpc) is 2.34. The lowest BCUT2D eigenvalue weighted by Crippen LogP contribution is -2.34. The second-order valence-corrected chi connectivity index (χ2v) is 6.33. The number of nitrogens with zero attached hydrogens (tertiary/aromatic N) is 1. The molecular formula is C13H20N2O4S. The summed E-state index contributed by atoms with van der Waals surface area (Å²) in [4.78, 5) is 12.5. The van der Waals surface area contributed by atoms with Crippen LogP contribution in [0.1, 0.15) is 20.8 Å². The Balaban J connectivity index is 3.25. The fourth-order valence-corrected chi connectivity index (χ4v) is 3.33. The Hall–Kier alpha value is -1.60. The quantitative estimate of drug-likeness (QED) is 0.792. The van der Waals surface area contributed by atoms with Gasteiger partial charge in [-0.3, -0.25) is 4.79 Å². The molecule has 20 heavy (non-hydrogen) atoms. The summed E-state index contributed by atoms with van der Waals surface area (Å²) >= 11 is 0. The van der Waals surface area contributed by atoms with E-state index in [1.165, 1.54) is 11.0 Å². The fourth-order valence-electron chi connectivity index (χ4n) is 1.85. The van der Waals surface area contributed by atoms with Crippen molar-refractivity contribution in [3.05, 3.63) is 24.3 Å². The predicted molar refractivity (Wildman–Crippen MR) is 77.4 cm³/mol. The van der Waals surface area contributed by atoms with E-state index < -0.39 is 16.0 Å². The van der Waals surface area contributed by atoms with Crippen LogP contribution in [0.4, 0.5) is 5.69 Å². The molecule has 0 spiro atoms. The molecular weight excluding hydrogens is 280 g/mol. The molecule has 0 bridgehead atoms. The Morgan fingerprint density at radius 1 is 1.35 bits per heavy atom. The van der Waals surface area contributed by atoms with Crippen LogP contribution in [0.25, 0.3) is 0 Å². The molecule has 0 aliphatic heterocycles. The first-order chi connectivity index (χ1) is 9.27. The van der Waals surface area contributed by atoms with Gasteiger partial charge in [0.25, 0.3) is 0 Å². The van der Waals surface area contributed by atoms with E-state index in [2.05, 4.69) is 4.72 Å². The summed E-state index contributed by atoms with van der Waals surface area (Å²) in [6.07, 6.45) is 0. The van der Waals surface area contributed by atoms with Crippen LogP contribution in [-0.4, -0.2) is 38.6 Å². The van der Waals surface area contributed by atoms with Crippen molar-refractivity contribution in [3.8, 4) is 0 Å². The monoisotopic (exact) mass is 300 g/mol. The maximum atomic E-state index is 12.3. The van der Waals surface area contributed by atoms with Crippen molar-refractivity contribution in [2.45, 2.75) is 31.7 Å². The third-order valence-electron chi connectivity index (χ3n) is 2.59. The summed E-state index contributed by atoms with van der Waals surface area (Å²) < 4.78 is 27.1. The first kappa shape index (κ1) is 16.5. The molecule has 6 nitrogen and oxygen atoms in total. The van der Waals surface area contributed by atoms with Gasteiger partial charge in [0, 0.05) is 12.6 Å². The number of nitrogens with one attached hydrogen (secondary N) is 1. The van der Waals surface area contributed by atoms with Crippen LogP contribution in [0.15, 0.2) is 29.2 Å². The van der Waals surface area contributed by atoms with Crippen LogP contribution in [0.5, 0.6) is 0 Å². The zero-order valence-corrected chi connectivity index (χ0v) is 12.6. The Bertz CT molecular complexity index is 569. The fraction of sp³-hybridized carbons (Fsp3) is 0.462. The maximum absolute atomic E-state index is 12.3. The maximum Gasteiger partial charge on any atom is 0.323 e. The van der Waals surface area contributed by atoms with Crippen LogP contribution in [-0.2, 0) is 14.8 Å². The van der Waals surface area contributed by atoms with Crippen LogP contribution in [0.2, 0.25) is 0 Å². The average molecular weight is 300 g/mol. The van der Waals surface area contributed by atoms with Gasteiger partial charge in [-0.25, -0.2) is 13.1 Å². The largest absolute Gasteiger partial charge is 0.480 e. The molecule has 0 heterocycles. The highest BCUT2D eigenvalue weighted by molar-refractivity contribution is 7.89. The van der Waals surface area contributed by atoms with Gasteiger partial charge in [0.05, 0.1) is 5.69 Å². The van der Waals surface area contributed by atoms with Gasteiger partial charge in [-0.15, -0.1) is 0 Å². The lowest BCUT2D eigenvalue weighted by molar-refractivity contribution is -0.135. The van der Waals surface area contributed by atoms with E-state index in [0.717, 1.165) is 0 Å². The van der Waals surface area contributed by atoms with E-state index >= 15 is 0 Å². The van der Waals surface area contributed by atoms with E-state index in [-0.39, 0.29) is 17.5 Å². The standard InChI is InChI=1S/C13H20N2O4S/c1-4-15(9-13(16)17)11-7-5-6-8-12(11)20(18,19)14-10(2)3/h5-8,10,14H,4,9H2,1-3H3,(H,16,17). The van der Waals surface area contributed by atoms with E-state index in [9.17, 15) is 13.2 Å². The number of hydrogen-bond donors (Lipinski definition) is 2. The minimum absolute atomic E-state index is 0.0943. The lowest BCUT2D eigenvalue weighted by Gasteiger charge is -2.24. The van der Waals surface area contributed by atoms with E-state index in [4.69, 9.17) is 5.11 Å². The zero-order chi connectivity index (χ0) is 15.3. The first-order valence-corrected chi connectivity index (χ1v) is 7.84. The predicted octanol–water partition coefficient (Wildman–Crippen LogP) is 1.28. The number of benzene rings is 1. The van der Waals surface area contributed by atoms with Crippen molar-refractivity contribution < 1.29 is 18.3 Å². The molecule has 112 valence electrons. The van der Waals surface area contributed by atoms with Crippen molar-refractivity contribution in [3.63, 3.8) is 0 Å². The Morgan fingerprint density at radius 2 is 1.95 bits per heavy atom. The van der Waals surface area contributed by atoms with Crippen molar-refractivity contribution >= 4 is 21.7 Å². The Morgan fingerprint density at radius 3 is 2.45 bits per heavy atom. The minimum Gasteiger partial charge on any atom is -0.480 e. The van der Waals surface area contributed by atoms with Gasteiger partial charge in [-0.1, -0.05) is 12.1 Å². The summed E-state index contributed by atoms with van der Waals surface area (Å²) in [6, 6.07) is 6.16. The van der Waals surface area contributed by atoms with Crippen LogP contribution in [0, 0.1) is 0 Å². The van der Waals surface area contributed by atoms with Gasteiger partial charge in [-0.2, -0.15) is 0 Å². The van der Waals surface area contributed by atoms with Crippen molar-refractivity contribution in [2.75, 3.05) is 18.0 Å². The summed E-state index contributed by atoms with van der Waals surface area (Å²) in [5.41, 5.74) is 0.394. The van der Waals surface area contributed by atoms with E-state index in [0.29, 0.717) is 12.2 Å². The number of sulfonamides is 1. The molecule has 0 aliphatic rings. The van der Waals surface area contributed by atoms with Crippen molar-refractivity contribution in [2.24, 2.45) is 0 Å². The summed E-state index contributed by atoms with van der Waals surface area (Å²) in [6.45, 7) is 5.40. The normalized spacial score (nSPS) is 11.6. The molecule has 7 heteroatoms. The highest BCUT2D eigenvalue weighted by Crippen LogP contribution is 2.24. The number of carboxylic acids is 1. The van der Waals surface area contributed by atoms with Crippen LogP contribution < -0.4 is 9.62 Å². The number of carboxylic acid groups (broad SMARTS) is 1. The number of aliphatic carboxylic acids is 1. The number of rotatable bonds is 7. The van der Waals surface area contributed by atoms with Gasteiger partial charge in [0.15, 0.2) is 0 Å². The number of hydrogen-bond acceptors (Lipinski definition) is 4. The smallest absolute Gasteiger partial charge is 0.323 e.